The number of rotatable bonds is 4. The van der Waals surface area contributed by atoms with E-state index < -0.39 is 5.60 Å². The smallest absolute Gasteiger partial charge is 0.407 e. The second kappa shape index (κ2) is 7.34. The number of hydrogen-bond acceptors (Lipinski definition) is 6. The Balaban J connectivity index is 1.72. The van der Waals surface area contributed by atoms with Crippen molar-refractivity contribution in [2.45, 2.75) is 58.7 Å². The van der Waals surface area contributed by atoms with E-state index in [4.69, 9.17) is 9.72 Å². The van der Waals surface area contributed by atoms with Gasteiger partial charge in [-0.1, -0.05) is 0 Å². The van der Waals surface area contributed by atoms with Gasteiger partial charge in [0.25, 0.3) is 0 Å². The van der Waals surface area contributed by atoms with E-state index >= 15 is 0 Å². The van der Waals surface area contributed by atoms with Gasteiger partial charge in [-0.25, -0.2) is 14.3 Å². The quantitative estimate of drug-likeness (QED) is 0.855. The summed E-state index contributed by atoms with van der Waals surface area (Å²) in [7, 11) is 1.92. The van der Waals surface area contributed by atoms with Gasteiger partial charge in [0, 0.05) is 37.0 Å². The van der Waals surface area contributed by atoms with Crippen molar-refractivity contribution >= 4 is 17.6 Å². The van der Waals surface area contributed by atoms with Crippen LogP contribution in [0.15, 0.2) is 12.3 Å². The highest BCUT2D eigenvalue weighted by Crippen LogP contribution is 2.24. The van der Waals surface area contributed by atoms with E-state index in [9.17, 15) is 4.79 Å². The third-order valence-electron chi connectivity index (χ3n) is 4.71. The van der Waals surface area contributed by atoms with E-state index in [0.29, 0.717) is 0 Å². The number of fused-ring (bicyclic) bond motifs is 1. The summed E-state index contributed by atoms with van der Waals surface area (Å²) in [6, 6.07) is 2.24. The highest BCUT2D eigenvalue weighted by Gasteiger charge is 2.28. The largest absolute Gasteiger partial charge is 0.444 e. The van der Waals surface area contributed by atoms with Crippen LogP contribution in [0.4, 0.5) is 10.6 Å². The summed E-state index contributed by atoms with van der Waals surface area (Å²) in [4.78, 5) is 19.0. The molecule has 2 N–H and O–H groups in total. The Labute approximate surface area is 160 Å². The first kappa shape index (κ1) is 19.4. The number of ether oxygens (including phenoxy) is 1. The fourth-order valence-electron chi connectivity index (χ4n) is 3.24. The molecule has 1 fully saturated rings. The summed E-state index contributed by atoms with van der Waals surface area (Å²) in [5, 5.41) is 10.8. The molecule has 0 bridgehead atoms. The van der Waals surface area contributed by atoms with Crippen molar-refractivity contribution in [3.8, 4) is 0 Å². The van der Waals surface area contributed by atoms with Gasteiger partial charge in [0.05, 0.1) is 11.7 Å². The average molecular weight is 374 g/mol. The van der Waals surface area contributed by atoms with Crippen molar-refractivity contribution in [2.24, 2.45) is 0 Å². The number of nitrogens with one attached hydrogen (secondary N) is 2. The fraction of sp³-hybridized carbons (Fsp3) is 0.632. The highest BCUT2D eigenvalue weighted by molar-refractivity contribution is 5.68. The van der Waals surface area contributed by atoms with Crippen LogP contribution in [0.25, 0.3) is 5.65 Å². The number of alkyl carbamates (subject to hydrolysis) is 1. The van der Waals surface area contributed by atoms with E-state index in [1.807, 2.05) is 51.5 Å². The lowest BCUT2D eigenvalue weighted by Crippen LogP contribution is -2.40. The molecule has 3 heterocycles. The first-order chi connectivity index (χ1) is 12.7. The minimum atomic E-state index is -0.490. The molecule has 1 aliphatic heterocycles. The van der Waals surface area contributed by atoms with Crippen LogP contribution < -0.4 is 15.5 Å². The molecule has 1 saturated heterocycles. The van der Waals surface area contributed by atoms with Gasteiger partial charge < -0.3 is 20.3 Å². The molecule has 0 aliphatic carbocycles. The van der Waals surface area contributed by atoms with E-state index in [0.717, 1.165) is 42.2 Å². The van der Waals surface area contributed by atoms with Gasteiger partial charge in [-0.05, 0) is 48.1 Å². The van der Waals surface area contributed by atoms with E-state index in [1.54, 1.807) is 0 Å². The minimum absolute atomic E-state index is 0.0575. The molecule has 0 unspecified atom stereocenters. The van der Waals surface area contributed by atoms with Gasteiger partial charge in [0.15, 0.2) is 5.65 Å². The first-order valence-corrected chi connectivity index (χ1v) is 9.45. The number of carbonyl (C=O) groups is 1. The van der Waals surface area contributed by atoms with Crippen LogP contribution in [0.3, 0.4) is 0 Å². The van der Waals surface area contributed by atoms with Crippen LogP contribution in [0.1, 0.15) is 51.4 Å². The molecule has 1 aliphatic rings. The Kier molecular flexibility index (Phi) is 5.28. The lowest BCUT2D eigenvalue weighted by Gasteiger charge is -2.22. The number of hydrogen-bond donors (Lipinski definition) is 2. The summed E-state index contributed by atoms with van der Waals surface area (Å²) >= 11 is 0. The molecule has 2 aromatic heterocycles. The third kappa shape index (κ3) is 4.50. The van der Waals surface area contributed by atoms with Gasteiger partial charge in [-0.2, -0.15) is 5.10 Å². The zero-order valence-electron chi connectivity index (χ0n) is 17.0. The number of nitrogens with zero attached hydrogens (tertiary/aromatic N) is 4. The van der Waals surface area contributed by atoms with E-state index in [2.05, 4.69) is 27.6 Å². The Morgan fingerprint density at radius 2 is 2.15 bits per heavy atom. The van der Waals surface area contributed by atoms with Gasteiger partial charge in [0.2, 0.25) is 0 Å². The molecule has 2 aromatic rings. The second-order valence-electron chi connectivity index (χ2n) is 8.21. The summed E-state index contributed by atoms with van der Waals surface area (Å²) < 4.78 is 7.18. The molecule has 2 atom stereocenters. The molecule has 8 nitrogen and oxygen atoms in total. The molecule has 0 saturated carbocycles. The maximum absolute atomic E-state index is 12.0. The predicted molar refractivity (Wildman–Crippen MR) is 105 cm³/mol. The normalized spacial score (nSPS) is 18.7. The second-order valence-corrected chi connectivity index (χ2v) is 8.21. The van der Waals surface area contributed by atoms with Crippen molar-refractivity contribution in [1.82, 2.24) is 25.2 Å². The molecule has 148 valence electrons. The summed E-state index contributed by atoms with van der Waals surface area (Å²) in [6.45, 7) is 11.3. The van der Waals surface area contributed by atoms with E-state index in [-0.39, 0.29) is 18.2 Å². The fourth-order valence-corrected chi connectivity index (χ4v) is 3.24. The maximum atomic E-state index is 12.0. The molecule has 27 heavy (non-hydrogen) atoms. The van der Waals surface area contributed by atoms with Crippen molar-refractivity contribution in [2.75, 3.05) is 25.0 Å². The number of aromatic nitrogens is 3. The van der Waals surface area contributed by atoms with Crippen LogP contribution in [-0.2, 0) is 4.74 Å². The Hall–Kier alpha value is -2.35. The SMILES string of the molecule is CN[C@@H](C)c1cc2nc(N3CC[C@H](NC(=O)OC(C)(C)C)C3)c(C)cn2n1. The number of amides is 1. The van der Waals surface area contributed by atoms with Crippen molar-refractivity contribution < 1.29 is 9.53 Å². The monoisotopic (exact) mass is 374 g/mol. The Bertz CT molecular complexity index is 825. The number of aryl methyl sites for hydroxylation is 1. The van der Waals surface area contributed by atoms with Gasteiger partial charge in [-0.15, -0.1) is 0 Å². The third-order valence-corrected chi connectivity index (χ3v) is 4.71. The van der Waals surface area contributed by atoms with Crippen molar-refractivity contribution in [3.05, 3.63) is 23.5 Å². The van der Waals surface area contributed by atoms with Crippen LogP contribution in [-0.4, -0.2) is 52.5 Å². The number of anilines is 1. The molecular formula is C19H30N6O2. The van der Waals surface area contributed by atoms with Gasteiger partial charge >= 0.3 is 6.09 Å². The molecular weight excluding hydrogens is 344 g/mol. The summed E-state index contributed by atoms with van der Waals surface area (Å²) in [5.41, 5.74) is 2.37. The average Bonchev–Trinajstić information content (AvgIpc) is 3.17. The molecule has 3 rings (SSSR count). The number of carbonyl (C=O) groups excluding carboxylic acids is 1. The predicted octanol–water partition coefficient (Wildman–Crippen LogP) is 2.42. The van der Waals surface area contributed by atoms with Gasteiger partial charge in [-0.3, -0.25) is 0 Å². The Morgan fingerprint density at radius 3 is 2.81 bits per heavy atom. The minimum Gasteiger partial charge on any atom is -0.444 e. The molecule has 0 radical (unpaired) electrons. The van der Waals surface area contributed by atoms with Crippen LogP contribution in [0.5, 0.6) is 0 Å². The molecule has 0 spiro atoms. The Morgan fingerprint density at radius 1 is 1.41 bits per heavy atom. The maximum Gasteiger partial charge on any atom is 0.407 e. The van der Waals surface area contributed by atoms with Crippen LogP contribution in [0, 0.1) is 6.92 Å². The summed E-state index contributed by atoms with van der Waals surface area (Å²) in [6.07, 6.45) is 2.52. The topological polar surface area (TPSA) is 83.8 Å². The molecule has 0 aromatic carbocycles. The van der Waals surface area contributed by atoms with Crippen LogP contribution >= 0.6 is 0 Å². The lowest BCUT2D eigenvalue weighted by molar-refractivity contribution is 0.0509. The van der Waals surface area contributed by atoms with Crippen molar-refractivity contribution in [1.29, 1.82) is 0 Å². The standard InChI is InChI=1S/C19H30N6O2/c1-12-10-25-16(9-15(23-25)13(2)20-6)22-17(12)24-8-7-14(11-24)21-18(26)27-19(3,4)5/h9-10,13-14,20H,7-8,11H2,1-6H3,(H,21,26)/t13-,14-/m0/s1. The zero-order valence-corrected chi connectivity index (χ0v) is 17.0. The van der Waals surface area contributed by atoms with E-state index in [1.165, 1.54) is 0 Å². The van der Waals surface area contributed by atoms with Crippen LogP contribution in [0.2, 0.25) is 0 Å². The molecule has 8 heteroatoms. The van der Waals surface area contributed by atoms with Crippen molar-refractivity contribution in [3.63, 3.8) is 0 Å². The lowest BCUT2D eigenvalue weighted by atomic mass is 10.2. The summed E-state index contributed by atoms with van der Waals surface area (Å²) in [5.74, 6) is 0.944. The highest BCUT2D eigenvalue weighted by atomic mass is 16.6. The molecule has 1 amide bonds. The van der Waals surface area contributed by atoms with Gasteiger partial charge in [0.1, 0.15) is 11.4 Å². The zero-order chi connectivity index (χ0) is 19.8. The first-order valence-electron chi connectivity index (χ1n) is 9.45.